The second kappa shape index (κ2) is 7.87. The highest BCUT2D eigenvalue weighted by molar-refractivity contribution is 7.89. The standard InChI is InChI=1S/C20H19ClN4O2S/c21-17-6-8-18(9-7-17)28(26,27)25-14-12-24(13-15-25)20-11-10-19(22-23-20)16-4-2-1-3-5-16/h1-11H,12-15H2. The molecule has 3 aromatic rings. The summed E-state index contributed by atoms with van der Waals surface area (Å²) < 4.78 is 27.1. The molecule has 6 nitrogen and oxygen atoms in total. The van der Waals surface area contributed by atoms with E-state index in [9.17, 15) is 8.42 Å². The molecule has 0 unspecified atom stereocenters. The van der Waals surface area contributed by atoms with Gasteiger partial charge < -0.3 is 4.90 Å². The minimum absolute atomic E-state index is 0.261. The van der Waals surface area contributed by atoms with E-state index in [1.807, 2.05) is 42.5 Å². The van der Waals surface area contributed by atoms with Gasteiger partial charge in [0.1, 0.15) is 0 Å². The molecule has 4 rings (SSSR count). The van der Waals surface area contributed by atoms with Gasteiger partial charge in [-0.15, -0.1) is 10.2 Å². The van der Waals surface area contributed by atoms with E-state index in [4.69, 9.17) is 11.6 Å². The molecule has 1 aromatic heterocycles. The molecule has 0 N–H and O–H groups in total. The van der Waals surface area contributed by atoms with Gasteiger partial charge in [-0.25, -0.2) is 8.42 Å². The minimum atomic E-state index is -3.52. The molecule has 2 heterocycles. The van der Waals surface area contributed by atoms with Crippen molar-refractivity contribution in [3.63, 3.8) is 0 Å². The van der Waals surface area contributed by atoms with Crippen LogP contribution in [0.3, 0.4) is 0 Å². The Morgan fingerprint density at radius 1 is 0.786 bits per heavy atom. The molecule has 0 atom stereocenters. The van der Waals surface area contributed by atoms with Crippen LogP contribution in [0.4, 0.5) is 5.82 Å². The SMILES string of the molecule is O=S(=O)(c1ccc(Cl)cc1)N1CCN(c2ccc(-c3ccccc3)nn2)CC1. The van der Waals surface area contributed by atoms with Gasteiger partial charge in [0.15, 0.2) is 5.82 Å². The second-order valence-electron chi connectivity index (χ2n) is 6.49. The molecule has 1 aliphatic heterocycles. The van der Waals surface area contributed by atoms with E-state index in [0.717, 1.165) is 17.1 Å². The van der Waals surface area contributed by atoms with Crippen LogP contribution in [0, 0.1) is 0 Å². The fourth-order valence-corrected chi connectivity index (χ4v) is 4.72. The lowest BCUT2D eigenvalue weighted by atomic mass is 10.1. The highest BCUT2D eigenvalue weighted by Gasteiger charge is 2.29. The molecule has 0 amide bonds. The average Bonchev–Trinajstić information content (AvgIpc) is 2.75. The topological polar surface area (TPSA) is 66.4 Å². The summed E-state index contributed by atoms with van der Waals surface area (Å²) in [6.45, 7) is 1.92. The number of halogens is 1. The molecule has 28 heavy (non-hydrogen) atoms. The van der Waals surface area contributed by atoms with Gasteiger partial charge >= 0.3 is 0 Å². The van der Waals surface area contributed by atoms with E-state index in [0.29, 0.717) is 31.2 Å². The van der Waals surface area contributed by atoms with Gasteiger partial charge in [0.2, 0.25) is 10.0 Å². The third kappa shape index (κ3) is 3.87. The van der Waals surface area contributed by atoms with Crippen LogP contribution in [0.2, 0.25) is 5.02 Å². The summed E-state index contributed by atoms with van der Waals surface area (Å²) in [7, 11) is -3.52. The Morgan fingerprint density at radius 3 is 2.07 bits per heavy atom. The maximum atomic E-state index is 12.8. The number of sulfonamides is 1. The number of nitrogens with zero attached hydrogens (tertiary/aromatic N) is 4. The summed E-state index contributed by atoms with van der Waals surface area (Å²) in [5.74, 6) is 0.753. The molecule has 144 valence electrons. The third-order valence-electron chi connectivity index (χ3n) is 4.73. The molecule has 8 heteroatoms. The van der Waals surface area contributed by atoms with Crippen LogP contribution in [-0.2, 0) is 10.0 Å². The molecule has 1 saturated heterocycles. The Kier molecular flexibility index (Phi) is 5.30. The van der Waals surface area contributed by atoms with E-state index in [1.54, 1.807) is 12.1 Å². The maximum Gasteiger partial charge on any atom is 0.243 e. The van der Waals surface area contributed by atoms with Crippen molar-refractivity contribution in [1.29, 1.82) is 0 Å². The van der Waals surface area contributed by atoms with E-state index in [2.05, 4.69) is 15.1 Å². The van der Waals surface area contributed by atoms with Gasteiger partial charge in [-0.2, -0.15) is 4.31 Å². The monoisotopic (exact) mass is 414 g/mol. The third-order valence-corrected chi connectivity index (χ3v) is 6.90. The van der Waals surface area contributed by atoms with Crippen molar-refractivity contribution in [3.8, 4) is 11.3 Å². The zero-order valence-electron chi connectivity index (χ0n) is 15.1. The highest BCUT2D eigenvalue weighted by Crippen LogP contribution is 2.22. The molecule has 0 spiro atoms. The van der Waals surface area contributed by atoms with E-state index in [-0.39, 0.29) is 4.90 Å². The quantitative estimate of drug-likeness (QED) is 0.655. The van der Waals surface area contributed by atoms with Crippen LogP contribution >= 0.6 is 11.6 Å². The molecule has 0 aliphatic carbocycles. The maximum absolute atomic E-state index is 12.8. The van der Waals surface area contributed by atoms with E-state index >= 15 is 0 Å². The fraction of sp³-hybridized carbons (Fsp3) is 0.200. The molecule has 2 aromatic carbocycles. The lowest BCUT2D eigenvalue weighted by Gasteiger charge is -2.34. The van der Waals surface area contributed by atoms with Gasteiger partial charge in [0.25, 0.3) is 0 Å². The van der Waals surface area contributed by atoms with Crippen molar-refractivity contribution in [1.82, 2.24) is 14.5 Å². The Labute approximate surface area is 169 Å². The van der Waals surface area contributed by atoms with Crippen LogP contribution in [0.15, 0.2) is 71.6 Å². The Hall–Kier alpha value is -2.48. The van der Waals surface area contributed by atoms with Gasteiger partial charge in [-0.1, -0.05) is 41.9 Å². The number of anilines is 1. The lowest BCUT2D eigenvalue weighted by molar-refractivity contribution is 0.383. The Bertz CT molecular complexity index is 1030. The fourth-order valence-electron chi connectivity index (χ4n) is 3.17. The van der Waals surface area contributed by atoms with Crippen LogP contribution in [0.1, 0.15) is 0 Å². The van der Waals surface area contributed by atoms with Crippen molar-refractivity contribution in [3.05, 3.63) is 71.8 Å². The summed E-state index contributed by atoms with van der Waals surface area (Å²) in [6, 6.07) is 20.0. The first-order chi connectivity index (χ1) is 13.5. The molecular formula is C20H19ClN4O2S. The zero-order valence-corrected chi connectivity index (χ0v) is 16.6. The summed E-state index contributed by atoms with van der Waals surface area (Å²) in [5, 5.41) is 9.15. The van der Waals surface area contributed by atoms with Gasteiger partial charge in [0, 0.05) is 36.8 Å². The van der Waals surface area contributed by atoms with E-state index in [1.165, 1.54) is 16.4 Å². The van der Waals surface area contributed by atoms with Crippen LogP contribution in [0.25, 0.3) is 11.3 Å². The molecule has 1 fully saturated rings. The molecule has 0 radical (unpaired) electrons. The predicted octanol–water partition coefficient (Wildman–Crippen LogP) is 3.31. The molecular weight excluding hydrogens is 396 g/mol. The van der Waals surface area contributed by atoms with Crippen LogP contribution < -0.4 is 4.90 Å². The largest absolute Gasteiger partial charge is 0.352 e. The van der Waals surface area contributed by atoms with Crippen molar-refractivity contribution < 1.29 is 8.42 Å². The summed E-state index contributed by atoms with van der Waals surface area (Å²) in [6.07, 6.45) is 0. The highest BCUT2D eigenvalue weighted by atomic mass is 35.5. The van der Waals surface area contributed by atoms with Gasteiger partial charge in [-0.3, -0.25) is 0 Å². The number of hydrogen-bond donors (Lipinski definition) is 0. The first kappa shape index (κ1) is 18.9. The minimum Gasteiger partial charge on any atom is -0.352 e. The summed E-state index contributed by atoms with van der Waals surface area (Å²) >= 11 is 5.86. The van der Waals surface area contributed by atoms with E-state index < -0.39 is 10.0 Å². The molecule has 1 aliphatic rings. The Morgan fingerprint density at radius 2 is 1.46 bits per heavy atom. The van der Waals surface area contributed by atoms with Gasteiger partial charge in [0.05, 0.1) is 10.6 Å². The zero-order chi connectivity index (χ0) is 19.6. The van der Waals surface area contributed by atoms with Crippen molar-refractivity contribution in [2.75, 3.05) is 31.1 Å². The van der Waals surface area contributed by atoms with Gasteiger partial charge in [-0.05, 0) is 36.4 Å². The van der Waals surface area contributed by atoms with Crippen molar-refractivity contribution in [2.24, 2.45) is 0 Å². The number of benzene rings is 2. The predicted molar refractivity (Wildman–Crippen MR) is 110 cm³/mol. The van der Waals surface area contributed by atoms with Crippen LogP contribution in [0.5, 0.6) is 0 Å². The van der Waals surface area contributed by atoms with Crippen LogP contribution in [-0.4, -0.2) is 49.1 Å². The number of aromatic nitrogens is 2. The van der Waals surface area contributed by atoms with Crippen molar-refractivity contribution in [2.45, 2.75) is 4.90 Å². The summed E-state index contributed by atoms with van der Waals surface area (Å²) in [5.41, 5.74) is 1.83. The van der Waals surface area contributed by atoms with Crippen molar-refractivity contribution >= 4 is 27.4 Å². The Balaban J connectivity index is 1.43. The number of piperazine rings is 1. The average molecular weight is 415 g/mol. The summed E-state index contributed by atoms with van der Waals surface area (Å²) in [4.78, 5) is 2.31. The normalized spacial score (nSPS) is 15.5. The number of hydrogen-bond acceptors (Lipinski definition) is 5. The second-order valence-corrected chi connectivity index (χ2v) is 8.86. The lowest BCUT2D eigenvalue weighted by Crippen LogP contribution is -2.48. The molecule has 0 bridgehead atoms. The first-order valence-electron chi connectivity index (χ1n) is 8.94. The number of rotatable bonds is 4. The molecule has 0 saturated carbocycles. The first-order valence-corrected chi connectivity index (χ1v) is 10.8. The smallest absolute Gasteiger partial charge is 0.243 e.